The van der Waals surface area contributed by atoms with Gasteiger partial charge in [-0.05, 0) is 31.0 Å². The molecule has 1 heterocycles. The lowest BCUT2D eigenvalue weighted by Crippen LogP contribution is -1.94. The van der Waals surface area contributed by atoms with Crippen molar-refractivity contribution in [1.82, 2.24) is 10.2 Å². The van der Waals surface area contributed by atoms with Crippen molar-refractivity contribution in [2.24, 2.45) is 0 Å². The van der Waals surface area contributed by atoms with Crippen molar-refractivity contribution >= 4 is 5.82 Å². The molecule has 5 nitrogen and oxygen atoms in total. The molecule has 90 valence electrons. The molecule has 0 radical (unpaired) electrons. The Hall–Kier alpha value is -2.17. The number of anilines is 1. The number of benzene rings is 1. The first-order valence-corrected chi connectivity index (χ1v) is 5.22. The van der Waals surface area contributed by atoms with E-state index in [2.05, 4.69) is 10.2 Å². The van der Waals surface area contributed by atoms with Crippen molar-refractivity contribution in [3.8, 4) is 22.6 Å². The molecule has 2 aromatic rings. The molecule has 1 aromatic heterocycles. The molecule has 0 bridgehead atoms. The smallest absolute Gasteiger partial charge is 0.127 e. The van der Waals surface area contributed by atoms with Gasteiger partial charge in [0.05, 0.1) is 13.3 Å². The van der Waals surface area contributed by atoms with E-state index in [0.717, 1.165) is 16.9 Å². The topological polar surface area (TPSA) is 84.2 Å². The predicted molar refractivity (Wildman–Crippen MR) is 66.1 cm³/mol. The number of hydrogen-bond donors (Lipinski definition) is 3. The maximum absolute atomic E-state index is 10.1. The summed E-state index contributed by atoms with van der Waals surface area (Å²) in [6.07, 6.45) is 1.58. The van der Waals surface area contributed by atoms with Crippen LogP contribution in [-0.4, -0.2) is 22.4 Å². The summed E-state index contributed by atoms with van der Waals surface area (Å²) >= 11 is 0. The second-order valence-corrected chi connectivity index (χ2v) is 3.92. The van der Waals surface area contributed by atoms with Crippen LogP contribution in [0.5, 0.6) is 11.5 Å². The van der Waals surface area contributed by atoms with Gasteiger partial charge in [-0.25, -0.2) is 0 Å². The normalized spacial score (nSPS) is 10.5. The van der Waals surface area contributed by atoms with Crippen LogP contribution in [0.15, 0.2) is 12.3 Å². The number of aromatic nitrogens is 2. The quantitative estimate of drug-likeness (QED) is 0.740. The highest BCUT2D eigenvalue weighted by Gasteiger charge is 2.16. The van der Waals surface area contributed by atoms with Crippen LogP contribution < -0.4 is 10.5 Å². The highest BCUT2D eigenvalue weighted by molar-refractivity contribution is 5.80. The first-order valence-electron chi connectivity index (χ1n) is 5.22. The maximum atomic E-state index is 10.1. The van der Waals surface area contributed by atoms with Crippen molar-refractivity contribution in [3.63, 3.8) is 0 Å². The third-order valence-electron chi connectivity index (χ3n) is 3.00. The number of aromatic hydroxyl groups is 1. The van der Waals surface area contributed by atoms with Crippen LogP contribution >= 0.6 is 0 Å². The van der Waals surface area contributed by atoms with Crippen molar-refractivity contribution in [1.29, 1.82) is 0 Å². The summed E-state index contributed by atoms with van der Waals surface area (Å²) in [4.78, 5) is 0. The number of rotatable bonds is 2. The molecule has 1 aromatic carbocycles. The van der Waals surface area contributed by atoms with E-state index in [9.17, 15) is 5.11 Å². The van der Waals surface area contributed by atoms with Crippen LogP contribution in [0.3, 0.4) is 0 Å². The largest absolute Gasteiger partial charge is 0.507 e. The molecule has 4 N–H and O–H groups in total. The fourth-order valence-corrected chi connectivity index (χ4v) is 1.80. The molecule has 0 aliphatic rings. The van der Waals surface area contributed by atoms with Gasteiger partial charge >= 0.3 is 0 Å². The molecule has 0 saturated carbocycles. The van der Waals surface area contributed by atoms with Crippen molar-refractivity contribution in [2.45, 2.75) is 13.8 Å². The number of ether oxygens (including phenoxy) is 1. The van der Waals surface area contributed by atoms with Crippen LogP contribution in [0.25, 0.3) is 11.1 Å². The molecule has 0 fully saturated rings. The minimum atomic E-state index is 0.205. The highest BCUT2D eigenvalue weighted by Crippen LogP contribution is 2.40. The average Bonchev–Trinajstić information content (AvgIpc) is 2.73. The van der Waals surface area contributed by atoms with Crippen LogP contribution in [0.2, 0.25) is 0 Å². The Morgan fingerprint density at radius 3 is 2.53 bits per heavy atom. The minimum absolute atomic E-state index is 0.205. The zero-order valence-corrected chi connectivity index (χ0v) is 10.0. The van der Waals surface area contributed by atoms with Gasteiger partial charge in [-0.2, -0.15) is 5.10 Å². The first-order chi connectivity index (χ1) is 8.06. The third-order valence-corrected chi connectivity index (χ3v) is 3.00. The van der Waals surface area contributed by atoms with Crippen LogP contribution in [0.4, 0.5) is 5.82 Å². The number of phenols is 1. The van der Waals surface area contributed by atoms with Crippen molar-refractivity contribution < 1.29 is 9.84 Å². The van der Waals surface area contributed by atoms with Crippen molar-refractivity contribution in [2.75, 3.05) is 12.8 Å². The van der Waals surface area contributed by atoms with Crippen LogP contribution in [0.1, 0.15) is 11.1 Å². The van der Waals surface area contributed by atoms with Gasteiger partial charge in [0.15, 0.2) is 0 Å². The van der Waals surface area contributed by atoms with Gasteiger partial charge in [0.2, 0.25) is 0 Å². The number of H-pyrrole nitrogens is 1. The van der Waals surface area contributed by atoms with Crippen LogP contribution in [0, 0.1) is 13.8 Å². The van der Waals surface area contributed by atoms with Gasteiger partial charge in [0, 0.05) is 11.1 Å². The Balaban J connectivity index is 2.71. The molecule has 2 rings (SSSR count). The summed E-state index contributed by atoms with van der Waals surface area (Å²) < 4.78 is 5.28. The van der Waals surface area contributed by atoms with E-state index in [-0.39, 0.29) is 5.75 Å². The minimum Gasteiger partial charge on any atom is -0.507 e. The first kappa shape index (κ1) is 11.3. The lowest BCUT2D eigenvalue weighted by molar-refractivity contribution is 0.408. The summed E-state index contributed by atoms with van der Waals surface area (Å²) in [5.41, 5.74) is 8.73. The number of nitrogens with two attached hydrogens (primary N) is 1. The van der Waals surface area contributed by atoms with E-state index in [1.54, 1.807) is 19.4 Å². The van der Waals surface area contributed by atoms with Gasteiger partial charge in [0.1, 0.15) is 17.3 Å². The molecular formula is C12H15N3O2. The number of nitrogens with zero attached hydrogens (tertiary/aromatic N) is 1. The van der Waals surface area contributed by atoms with E-state index >= 15 is 0 Å². The summed E-state index contributed by atoms with van der Waals surface area (Å²) in [5.74, 6) is 1.35. The Morgan fingerprint density at radius 2 is 2.00 bits per heavy atom. The van der Waals surface area contributed by atoms with Gasteiger partial charge in [-0.15, -0.1) is 0 Å². The molecule has 0 unspecified atom stereocenters. The molecule has 17 heavy (non-hydrogen) atoms. The number of methoxy groups -OCH3 is 1. The van der Waals surface area contributed by atoms with E-state index in [4.69, 9.17) is 10.5 Å². The summed E-state index contributed by atoms with van der Waals surface area (Å²) in [7, 11) is 1.60. The standard InChI is InChI=1S/C12H15N3O2/c1-6-7(2)11(16)8(4-10(6)17-3)9-5-14-15-12(9)13/h4-5,16H,1-3H3,(H3,13,14,15). The number of aromatic amines is 1. The molecular weight excluding hydrogens is 218 g/mol. The molecule has 0 spiro atoms. The average molecular weight is 233 g/mol. The van der Waals surface area contributed by atoms with Crippen LogP contribution in [-0.2, 0) is 0 Å². The van der Waals surface area contributed by atoms with E-state index in [1.165, 1.54) is 0 Å². The van der Waals surface area contributed by atoms with E-state index in [0.29, 0.717) is 16.9 Å². The Labute approximate surface area is 99.2 Å². The summed E-state index contributed by atoms with van der Waals surface area (Å²) in [5, 5.41) is 16.6. The zero-order chi connectivity index (χ0) is 12.6. The Kier molecular flexibility index (Phi) is 2.67. The number of nitrogen functional groups attached to an aromatic ring is 1. The predicted octanol–water partition coefficient (Wildman–Crippen LogP) is 1.99. The van der Waals surface area contributed by atoms with Gasteiger partial charge in [-0.1, -0.05) is 0 Å². The summed E-state index contributed by atoms with van der Waals surface area (Å²) in [6.45, 7) is 3.74. The fourth-order valence-electron chi connectivity index (χ4n) is 1.80. The van der Waals surface area contributed by atoms with Crippen molar-refractivity contribution in [3.05, 3.63) is 23.4 Å². The molecule has 5 heteroatoms. The Morgan fingerprint density at radius 1 is 1.29 bits per heavy atom. The fraction of sp³-hybridized carbons (Fsp3) is 0.250. The Bertz CT molecular complexity index is 561. The second kappa shape index (κ2) is 4.01. The van der Waals surface area contributed by atoms with E-state index < -0.39 is 0 Å². The molecule has 0 atom stereocenters. The SMILES string of the molecule is COc1cc(-c2cn[nH]c2N)c(O)c(C)c1C. The number of hydrogen-bond acceptors (Lipinski definition) is 4. The lowest BCUT2D eigenvalue weighted by atomic mass is 9.99. The monoisotopic (exact) mass is 233 g/mol. The number of nitrogens with one attached hydrogen (secondary N) is 1. The third kappa shape index (κ3) is 1.69. The second-order valence-electron chi connectivity index (χ2n) is 3.92. The van der Waals surface area contributed by atoms with Gasteiger partial charge in [0.25, 0.3) is 0 Å². The molecule has 0 saturated heterocycles. The molecule has 0 aliphatic heterocycles. The molecule has 0 amide bonds. The summed E-state index contributed by atoms with van der Waals surface area (Å²) in [6, 6.07) is 1.76. The van der Waals surface area contributed by atoms with Gasteiger partial charge in [-0.3, -0.25) is 5.10 Å². The maximum Gasteiger partial charge on any atom is 0.127 e. The van der Waals surface area contributed by atoms with E-state index in [1.807, 2.05) is 13.8 Å². The molecule has 0 aliphatic carbocycles. The zero-order valence-electron chi connectivity index (χ0n) is 10.0. The lowest BCUT2D eigenvalue weighted by Gasteiger charge is -2.13. The highest BCUT2D eigenvalue weighted by atomic mass is 16.5. The number of phenolic OH excluding ortho intramolecular Hbond substituents is 1. The van der Waals surface area contributed by atoms with Gasteiger partial charge < -0.3 is 15.6 Å².